The number of ether oxygens (including phenoxy) is 1. The molecule has 0 spiro atoms. The highest BCUT2D eigenvalue weighted by atomic mass is 19.1. The summed E-state index contributed by atoms with van der Waals surface area (Å²) in [6, 6.07) is 5.66. The van der Waals surface area contributed by atoms with Crippen molar-refractivity contribution in [3.63, 3.8) is 0 Å². The number of benzene rings is 1. The van der Waals surface area contributed by atoms with Gasteiger partial charge < -0.3 is 9.30 Å². The lowest BCUT2D eigenvalue weighted by Crippen LogP contribution is -2.26. The predicted molar refractivity (Wildman–Crippen MR) is 78.4 cm³/mol. The molecule has 112 valence electrons. The highest BCUT2D eigenvalue weighted by molar-refractivity contribution is 5.35. The van der Waals surface area contributed by atoms with Crippen molar-refractivity contribution in [2.45, 2.75) is 32.0 Å². The topological polar surface area (TPSA) is 30.3 Å². The maximum atomic E-state index is 13.8. The van der Waals surface area contributed by atoms with Gasteiger partial charge in [-0.25, -0.2) is 9.37 Å². The summed E-state index contributed by atoms with van der Waals surface area (Å²) in [5.74, 6) is 1.07. The molecule has 4 nitrogen and oxygen atoms in total. The Balaban J connectivity index is 1.80. The number of nitrogens with zero attached hydrogens (tertiary/aromatic N) is 3. The van der Waals surface area contributed by atoms with Crippen LogP contribution < -0.4 is 4.74 Å². The summed E-state index contributed by atoms with van der Waals surface area (Å²) in [7, 11) is 3.51. The van der Waals surface area contributed by atoms with E-state index in [9.17, 15) is 4.39 Å². The van der Waals surface area contributed by atoms with Gasteiger partial charge in [0.05, 0.1) is 13.7 Å². The molecule has 0 bridgehead atoms. The molecule has 0 N–H and O–H groups in total. The summed E-state index contributed by atoms with van der Waals surface area (Å²) >= 11 is 0. The summed E-state index contributed by atoms with van der Waals surface area (Å²) < 4.78 is 21.0. The normalized spacial score (nSPS) is 14.7. The van der Waals surface area contributed by atoms with Gasteiger partial charge in [0.2, 0.25) is 0 Å². The Morgan fingerprint density at radius 2 is 2.19 bits per heavy atom. The molecule has 0 unspecified atom stereocenters. The van der Waals surface area contributed by atoms with Crippen LogP contribution in [0.4, 0.5) is 4.39 Å². The minimum Gasteiger partial charge on any atom is -0.493 e. The van der Waals surface area contributed by atoms with E-state index < -0.39 is 0 Å². The zero-order valence-corrected chi connectivity index (χ0v) is 12.4. The Morgan fingerprint density at radius 3 is 2.81 bits per heavy atom. The second kappa shape index (κ2) is 5.85. The van der Waals surface area contributed by atoms with Crippen molar-refractivity contribution < 1.29 is 9.13 Å². The van der Waals surface area contributed by atoms with E-state index in [0.717, 1.165) is 17.9 Å². The van der Waals surface area contributed by atoms with Crippen LogP contribution in [0, 0.1) is 5.82 Å². The molecule has 1 aliphatic rings. The number of rotatable bonds is 6. The van der Waals surface area contributed by atoms with Crippen LogP contribution in [-0.4, -0.2) is 27.6 Å². The Labute approximate surface area is 124 Å². The van der Waals surface area contributed by atoms with Crippen LogP contribution in [0.1, 0.15) is 24.2 Å². The molecule has 0 atom stereocenters. The van der Waals surface area contributed by atoms with E-state index in [-0.39, 0.29) is 5.82 Å². The van der Waals surface area contributed by atoms with E-state index in [1.807, 2.05) is 30.1 Å². The minimum absolute atomic E-state index is 0.303. The first kappa shape index (κ1) is 14.1. The fourth-order valence-electron chi connectivity index (χ4n) is 2.61. The van der Waals surface area contributed by atoms with Gasteiger partial charge in [0.25, 0.3) is 0 Å². The molecule has 0 radical (unpaired) electrons. The van der Waals surface area contributed by atoms with Crippen LogP contribution in [0.5, 0.6) is 5.75 Å². The van der Waals surface area contributed by atoms with E-state index in [0.29, 0.717) is 18.3 Å². The smallest absolute Gasteiger partial charge is 0.165 e. The maximum Gasteiger partial charge on any atom is 0.165 e. The number of para-hydroxylation sites is 1. The second-order valence-electron chi connectivity index (χ2n) is 5.52. The number of hydrogen-bond donors (Lipinski definition) is 0. The molecular weight excluding hydrogens is 269 g/mol. The molecule has 0 amide bonds. The summed E-state index contributed by atoms with van der Waals surface area (Å²) in [4.78, 5) is 6.73. The molecule has 1 aliphatic carbocycles. The maximum absolute atomic E-state index is 13.8. The zero-order valence-electron chi connectivity index (χ0n) is 12.4. The minimum atomic E-state index is -0.303. The SMILES string of the molecule is COc1c(F)cccc1CN(Cc1nccn1C)C1CC1. The molecule has 1 fully saturated rings. The fraction of sp³-hybridized carbons (Fsp3) is 0.438. The van der Waals surface area contributed by atoms with Crippen LogP contribution in [0.3, 0.4) is 0 Å². The van der Waals surface area contributed by atoms with Gasteiger partial charge in [0, 0.05) is 37.6 Å². The molecule has 1 saturated carbocycles. The third-order valence-electron chi connectivity index (χ3n) is 3.95. The fourth-order valence-corrected chi connectivity index (χ4v) is 2.61. The van der Waals surface area contributed by atoms with Crippen LogP contribution in [-0.2, 0) is 20.1 Å². The Bertz CT molecular complexity index is 622. The Hall–Kier alpha value is -1.88. The molecule has 0 aliphatic heterocycles. The second-order valence-corrected chi connectivity index (χ2v) is 5.52. The van der Waals surface area contributed by atoms with Gasteiger partial charge >= 0.3 is 0 Å². The Morgan fingerprint density at radius 1 is 1.38 bits per heavy atom. The predicted octanol–water partition coefficient (Wildman–Crippen LogP) is 2.73. The molecule has 2 aromatic rings. The summed E-state index contributed by atoms with van der Waals surface area (Å²) in [5.41, 5.74) is 0.888. The summed E-state index contributed by atoms with van der Waals surface area (Å²) in [6.07, 6.45) is 6.15. The first-order valence-corrected chi connectivity index (χ1v) is 7.20. The van der Waals surface area contributed by atoms with Gasteiger partial charge in [-0.3, -0.25) is 4.90 Å². The first-order chi connectivity index (χ1) is 10.2. The number of aromatic nitrogens is 2. The van der Waals surface area contributed by atoms with Crippen molar-refractivity contribution in [1.29, 1.82) is 0 Å². The number of imidazole rings is 1. The van der Waals surface area contributed by atoms with Crippen LogP contribution in [0.25, 0.3) is 0 Å². The van der Waals surface area contributed by atoms with Crippen LogP contribution >= 0.6 is 0 Å². The molecule has 5 heteroatoms. The molecule has 3 rings (SSSR count). The summed E-state index contributed by atoms with van der Waals surface area (Å²) in [5, 5.41) is 0. The largest absolute Gasteiger partial charge is 0.493 e. The molecule has 0 saturated heterocycles. The third-order valence-corrected chi connectivity index (χ3v) is 3.95. The van der Waals surface area contributed by atoms with Crippen LogP contribution in [0.2, 0.25) is 0 Å². The average Bonchev–Trinajstić information content (AvgIpc) is 3.23. The lowest BCUT2D eigenvalue weighted by atomic mass is 10.1. The van der Waals surface area contributed by atoms with Crippen molar-refractivity contribution in [1.82, 2.24) is 14.5 Å². The number of aryl methyl sites for hydroxylation is 1. The first-order valence-electron chi connectivity index (χ1n) is 7.20. The van der Waals surface area contributed by atoms with Gasteiger partial charge in [-0.15, -0.1) is 0 Å². The van der Waals surface area contributed by atoms with Crippen molar-refractivity contribution in [2.24, 2.45) is 7.05 Å². The quantitative estimate of drug-likeness (QED) is 0.819. The van der Waals surface area contributed by atoms with Gasteiger partial charge in [-0.1, -0.05) is 12.1 Å². The number of halogens is 1. The van der Waals surface area contributed by atoms with Gasteiger partial charge in [-0.2, -0.15) is 0 Å². The standard InChI is InChI=1S/C16H20FN3O/c1-19-9-8-18-15(19)11-20(13-6-7-13)10-12-4-3-5-14(17)16(12)21-2/h3-5,8-9,13H,6-7,10-11H2,1-2H3. The van der Waals surface area contributed by atoms with E-state index in [2.05, 4.69) is 9.88 Å². The average molecular weight is 289 g/mol. The zero-order chi connectivity index (χ0) is 14.8. The van der Waals surface area contributed by atoms with E-state index in [4.69, 9.17) is 4.74 Å². The van der Waals surface area contributed by atoms with Crippen molar-refractivity contribution in [3.8, 4) is 5.75 Å². The number of hydrogen-bond acceptors (Lipinski definition) is 3. The molecule has 1 aromatic heterocycles. The van der Waals surface area contributed by atoms with Crippen molar-refractivity contribution in [2.75, 3.05) is 7.11 Å². The molecule has 1 aromatic carbocycles. The van der Waals surface area contributed by atoms with Crippen molar-refractivity contribution in [3.05, 3.63) is 47.8 Å². The van der Waals surface area contributed by atoms with Gasteiger partial charge in [0.15, 0.2) is 11.6 Å². The lowest BCUT2D eigenvalue weighted by molar-refractivity contribution is 0.232. The summed E-state index contributed by atoms with van der Waals surface area (Å²) in [6.45, 7) is 1.45. The monoisotopic (exact) mass is 289 g/mol. The van der Waals surface area contributed by atoms with E-state index in [1.54, 1.807) is 6.07 Å². The number of methoxy groups -OCH3 is 1. The lowest BCUT2D eigenvalue weighted by Gasteiger charge is -2.23. The third kappa shape index (κ3) is 3.08. The Kier molecular flexibility index (Phi) is 3.92. The molecule has 1 heterocycles. The highest BCUT2D eigenvalue weighted by Gasteiger charge is 2.30. The van der Waals surface area contributed by atoms with Crippen LogP contribution in [0.15, 0.2) is 30.6 Å². The van der Waals surface area contributed by atoms with E-state index in [1.165, 1.54) is 26.0 Å². The van der Waals surface area contributed by atoms with Gasteiger partial charge in [0.1, 0.15) is 5.82 Å². The van der Waals surface area contributed by atoms with E-state index >= 15 is 0 Å². The molecule has 21 heavy (non-hydrogen) atoms. The highest BCUT2D eigenvalue weighted by Crippen LogP contribution is 2.32. The van der Waals surface area contributed by atoms with Crippen molar-refractivity contribution >= 4 is 0 Å². The van der Waals surface area contributed by atoms with Gasteiger partial charge in [-0.05, 0) is 18.9 Å². The molecular formula is C16H20FN3O.